The van der Waals surface area contributed by atoms with E-state index in [9.17, 15) is 9.18 Å². The number of hydrogen-bond donors (Lipinski definition) is 0. The van der Waals surface area contributed by atoms with Crippen molar-refractivity contribution < 1.29 is 18.7 Å². The first-order chi connectivity index (χ1) is 12.4. The molecule has 0 aliphatic heterocycles. The van der Waals surface area contributed by atoms with Crippen LogP contribution in [0.4, 0.5) is 4.39 Å². The fourth-order valence-corrected chi connectivity index (χ4v) is 2.33. The second-order valence-corrected chi connectivity index (χ2v) is 6.24. The molecular weight excluding hydrogens is 333 g/mol. The van der Waals surface area contributed by atoms with E-state index in [1.807, 2.05) is 32.0 Å². The van der Waals surface area contributed by atoms with Gasteiger partial charge in [-0.3, -0.25) is 4.79 Å². The van der Waals surface area contributed by atoms with Crippen LogP contribution in [0.25, 0.3) is 6.08 Å². The summed E-state index contributed by atoms with van der Waals surface area (Å²) >= 11 is 0. The van der Waals surface area contributed by atoms with Gasteiger partial charge in [-0.2, -0.15) is 0 Å². The largest absolute Gasteiger partial charge is 0.497 e. The zero-order chi connectivity index (χ0) is 19.1. The molecule has 0 amide bonds. The van der Waals surface area contributed by atoms with E-state index in [2.05, 4.69) is 0 Å². The number of allylic oxidation sites excluding steroid dienone is 1. The maximum absolute atomic E-state index is 14.0. The third-order valence-corrected chi connectivity index (χ3v) is 3.82. The number of carbonyl (C=O) groups is 1. The number of likely N-dealkylation sites (N-methyl/N-ethyl adjacent to an activating group) is 1. The standard InChI is InChI=1S/C21H24FNO3/c1-15-5-10-21(26-12-11-23(2)3)18(13-15)20(24)9-7-16-6-8-17(25-4)14-19(16)22/h5-10,13-14H,11-12H2,1-4H3/b9-7+. The van der Waals surface area contributed by atoms with Crippen molar-refractivity contribution in [3.63, 3.8) is 0 Å². The highest BCUT2D eigenvalue weighted by Crippen LogP contribution is 2.22. The molecule has 0 unspecified atom stereocenters. The molecule has 2 aromatic carbocycles. The number of hydrogen-bond acceptors (Lipinski definition) is 4. The van der Waals surface area contributed by atoms with Crippen LogP contribution in [-0.4, -0.2) is 45.0 Å². The molecule has 0 saturated carbocycles. The van der Waals surface area contributed by atoms with E-state index in [-0.39, 0.29) is 5.78 Å². The first-order valence-electron chi connectivity index (χ1n) is 8.35. The number of nitrogens with zero attached hydrogens (tertiary/aromatic N) is 1. The van der Waals surface area contributed by atoms with Crippen LogP contribution in [-0.2, 0) is 0 Å². The SMILES string of the molecule is COc1ccc(/C=C/C(=O)c2cc(C)ccc2OCCN(C)C)c(F)c1. The van der Waals surface area contributed by atoms with Crippen molar-refractivity contribution in [2.75, 3.05) is 34.4 Å². The molecule has 0 aliphatic carbocycles. The van der Waals surface area contributed by atoms with Crippen LogP contribution < -0.4 is 9.47 Å². The number of methoxy groups -OCH3 is 1. The summed E-state index contributed by atoms with van der Waals surface area (Å²) in [4.78, 5) is 14.6. The van der Waals surface area contributed by atoms with Crippen molar-refractivity contribution in [1.82, 2.24) is 4.90 Å². The average molecular weight is 357 g/mol. The van der Waals surface area contributed by atoms with E-state index in [0.29, 0.717) is 29.2 Å². The zero-order valence-electron chi connectivity index (χ0n) is 15.6. The van der Waals surface area contributed by atoms with Gasteiger partial charge in [-0.25, -0.2) is 4.39 Å². The first-order valence-corrected chi connectivity index (χ1v) is 8.35. The van der Waals surface area contributed by atoms with Crippen LogP contribution in [0, 0.1) is 12.7 Å². The van der Waals surface area contributed by atoms with E-state index in [1.165, 1.54) is 25.3 Å². The lowest BCUT2D eigenvalue weighted by atomic mass is 10.0. The number of ether oxygens (including phenoxy) is 2. The minimum Gasteiger partial charge on any atom is -0.497 e. The molecule has 0 bridgehead atoms. The van der Waals surface area contributed by atoms with Crippen LogP contribution in [0.1, 0.15) is 21.5 Å². The van der Waals surface area contributed by atoms with E-state index in [4.69, 9.17) is 9.47 Å². The van der Waals surface area contributed by atoms with Gasteiger partial charge in [0.25, 0.3) is 0 Å². The van der Waals surface area contributed by atoms with Crippen LogP contribution in [0.2, 0.25) is 0 Å². The molecule has 0 aromatic heterocycles. The van der Waals surface area contributed by atoms with Gasteiger partial charge in [-0.05, 0) is 57.4 Å². The third-order valence-electron chi connectivity index (χ3n) is 3.82. The molecule has 0 saturated heterocycles. The molecule has 2 rings (SSSR count). The summed E-state index contributed by atoms with van der Waals surface area (Å²) in [6.07, 6.45) is 2.82. The average Bonchev–Trinajstić information content (AvgIpc) is 2.61. The van der Waals surface area contributed by atoms with Crippen LogP contribution >= 0.6 is 0 Å². The first kappa shape index (κ1) is 19.7. The molecule has 0 fully saturated rings. The molecular formula is C21H24FNO3. The van der Waals surface area contributed by atoms with Crippen molar-refractivity contribution in [3.05, 3.63) is 65.0 Å². The van der Waals surface area contributed by atoms with E-state index < -0.39 is 5.82 Å². The number of benzene rings is 2. The maximum Gasteiger partial charge on any atom is 0.189 e. The highest BCUT2D eigenvalue weighted by molar-refractivity contribution is 6.08. The number of halogens is 1. The lowest BCUT2D eigenvalue weighted by Gasteiger charge is -2.13. The fourth-order valence-electron chi connectivity index (χ4n) is 2.33. The molecule has 0 radical (unpaired) electrons. The fraction of sp³-hybridized carbons (Fsp3) is 0.286. The maximum atomic E-state index is 14.0. The Morgan fingerprint density at radius 3 is 2.62 bits per heavy atom. The van der Waals surface area contributed by atoms with Gasteiger partial charge >= 0.3 is 0 Å². The second-order valence-electron chi connectivity index (χ2n) is 6.24. The van der Waals surface area contributed by atoms with Gasteiger partial charge < -0.3 is 14.4 Å². The Kier molecular flexibility index (Phi) is 6.92. The van der Waals surface area contributed by atoms with E-state index in [1.54, 1.807) is 24.3 Å². The van der Waals surface area contributed by atoms with Crippen LogP contribution in [0.15, 0.2) is 42.5 Å². The number of carbonyl (C=O) groups excluding carboxylic acids is 1. The van der Waals surface area contributed by atoms with Gasteiger partial charge in [-0.15, -0.1) is 0 Å². The van der Waals surface area contributed by atoms with Crippen LogP contribution in [0.5, 0.6) is 11.5 Å². The van der Waals surface area contributed by atoms with E-state index >= 15 is 0 Å². The molecule has 4 nitrogen and oxygen atoms in total. The highest BCUT2D eigenvalue weighted by Gasteiger charge is 2.11. The summed E-state index contributed by atoms with van der Waals surface area (Å²) in [6.45, 7) is 3.13. The Morgan fingerprint density at radius 1 is 1.19 bits per heavy atom. The monoisotopic (exact) mass is 357 g/mol. The Morgan fingerprint density at radius 2 is 1.96 bits per heavy atom. The molecule has 26 heavy (non-hydrogen) atoms. The van der Waals surface area contributed by atoms with Gasteiger partial charge in [0.2, 0.25) is 0 Å². The number of aryl methyl sites for hydroxylation is 1. The Hall–Kier alpha value is -2.66. The molecule has 5 heteroatoms. The summed E-state index contributed by atoms with van der Waals surface area (Å²) in [5.41, 5.74) is 1.74. The summed E-state index contributed by atoms with van der Waals surface area (Å²) in [5, 5.41) is 0. The lowest BCUT2D eigenvalue weighted by Crippen LogP contribution is -2.20. The Balaban J connectivity index is 2.19. The summed E-state index contributed by atoms with van der Waals surface area (Å²) < 4.78 is 24.7. The molecule has 0 N–H and O–H groups in total. The topological polar surface area (TPSA) is 38.8 Å². The smallest absolute Gasteiger partial charge is 0.189 e. The van der Waals surface area contributed by atoms with Crippen molar-refractivity contribution in [3.8, 4) is 11.5 Å². The van der Waals surface area contributed by atoms with Gasteiger partial charge in [0.05, 0.1) is 12.7 Å². The molecule has 0 heterocycles. The summed E-state index contributed by atoms with van der Waals surface area (Å²) in [7, 11) is 5.39. The summed E-state index contributed by atoms with van der Waals surface area (Å²) in [5.74, 6) is 0.285. The van der Waals surface area contributed by atoms with Crippen molar-refractivity contribution in [1.29, 1.82) is 0 Å². The lowest BCUT2D eigenvalue weighted by molar-refractivity contribution is 0.104. The van der Waals surface area contributed by atoms with Crippen LogP contribution in [0.3, 0.4) is 0 Å². The minimum atomic E-state index is -0.444. The molecule has 0 atom stereocenters. The molecule has 2 aromatic rings. The Bertz CT molecular complexity index is 800. The molecule has 138 valence electrons. The number of ketones is 1. The van der Waals surface area contributed by atoms with E-state index in [0.717, 1.165) is 12.1 Å². The highest BCUT2D eigenvalue weighted by atomic mass is 19.1. The predicted molar refractivity (Wildman–Crippen MR) is 102 cm³/mol. The van der Waals surface area contributed by atoms with Crippen molar-refractivity contribution in [2.45, 2.75) is 6.92 Å². The molecule has 0 spiro atoms. The van der Waals surface area contributed by atoms with Gasteiger partial charge in [0.15, 0.2) is 5.78 Å². The minimum absolute atomic E-state index is 0.233. The number of rotatable bonds is 8. The zero-order valence-corrected chi connectivity index (χ0v) is 15.6. The van der Waals surface area contributed by atoms with Gasteiger partial charge in [-0.1, -0.05) is 11.6 Å². The van der Waals surface area contributed by atoms with Crippen molar-refractivity contribution >= 4 is 11.9 Å². The normalized spacial score (nSPS) is 11.2. The third kappa shape index (κ3) is 5.43. The summed E-state index contributed by atoms with van der Waals surface area (Å²) in [6, 6.07) is 9.97. The van der Waals surface area contributed by atoms with Crippen molar-refractivity contribution in [2.24, 2.45) is 0 Å². The quantitative estimate of drug-likeness (QED) is 0.529. The van der Waals surface area contributed by atoms with Gasteiger partial charge in [0.1, 0.15) is 23.9 Å². The second kappa shape index (κ2) is 9.15. The molecule has 0 aliphatic rings. The Labute approximate surface area is 153 Å². The predicted octanol–water partition coefficient (Wildman–Crippen LogP) is 3.98. The van der Waals surface area contributed by atoms with Gasteiger partial charge in [0, 0.05) is 18.2 Å².